The van der Waals surface area contributed by atoms with E-state index in [2.05, 4.69) is 0 Å². The molecule has 18 heavy (non-hydrogen) atoms. The van der Waals surface area contributed by atoms with Crippen LogP contribution in [0.5, 0.6) is 0 Å². The largest absolute Gasteiger partial charge is 0.465 e. The Bertz CT molecular complexity index is 398. The number of esters is 1. The Morgan fingerprint density at radius 1 is 1.56 bits per heavy atom. The van der Waals surface area contributed by atoms with Gasteiger partial charge in [0.05, 0.1) is 6.61 Å². The van der Waals surface area contributed by atoms with Gasteiger partial charge in [0, 0.05) is 19.3 Å². The van der Waals surface area contributed by atoms with E-state index in [1.54, 1.807) is 19.1 Å². The highest BCUT2D eigenvalue weighted by Crippen LogP contribution is 2.14. The summed E-state index contributed by atoms with van der Waals surface area (Å²) in [5.41, 5.74) is 6.44. The van der Waals surface area contributed by atoms with Crippen LogP contribution in [0, 0.1) is 5.82 Å². The Labute approximate surface area is 107 Å². The standard InChI is InChI=1S/C13H19FN2O2/c1-3-18-13(17)12(15)7-8-16(2)11-6-4-5-10(14)9-11/h4-6,9,12H,3,7-8,15H2,1-2H3. The number of anilines is 1. The van der Waals surface area contributed by atoms with Crippen molar-refractivity contribution in [3.05, 3.63) is 30.1 Å². The van der Waals surface area contributed by atoms with Gasteiger partial charge in [-0.15, -0.1) is 0 Å². The highest BCUT2D eigenvalue weighted by atomic mass is 19.1. The molecule has 1 aromatic rings. The zero-order valence-electron chi connectivity index (χ0n) is 10.7. The molecular formula is C13H19FN2O2. The van der Waals surface area contributed by atoms with Crippen molar-refractivity contribution in [1.29, 1.82) is 0 Å². The Balaban J connectivity index is 2.46. The smallest absolute Gasteiger partial charge is 0.322 e. The Kier molecular flexibility index (Phi) is 5.58. The lowest BCUT2D eigenvalue weighted by molar-refractivity contribution is -0.144. The number of ether oxygens (including phenoxy) is 1. The van der Waals surface area contributed by atoms with Gasteiger partial charge >= 0.3 is 5.97 Å². The quantitative estimate of drug-likeness (QED) is 0.782. The number of nitrogens with zero attached hydrogens (tertiary/aromatic N) is 1. The number of carbonyl (C=O) groups excluding carboxylic acids is 1. The van der Waals surface area contributed by atoms with E-state index >= 15 is 0 Å². The minimum atomic E-state index is -0.638. The maximum absolute atomic E-state index is 13.0. The summed E-state index contributed by atoms with van der Waals surface area (Å²) >= 11 is 0. The van der Waals surface area contributed by atoms with Gasteiger partial charge in [0.15, 0.2) is 0 Å². The van der Waals surface area contributed by atoms with E-state index in [0.717, 1.165) is 5.69 Å². The lowest BCUT2D eigenvalue weighted by atomic mass is 10.2. The average molecular weight is 254 g/mol. The van der Waals surface area contributed by atoms with Crippen molar-refractivity contribution >= 4 is 11.7 Å². The molecule has 0 saturated heterocycles. The first kappa shape index (κ1) is 14.4. The van der Waals surface area contributed by atoms with E-state index in [9.17, 15) is 9.18 Å². The van der Waals surface area contributed by atoms with Gasteiger partial charge in [-0.3, -0.25) is 4.79 Å². The topological polar surface area (TPSA) is 55.6 Å². The summed E-state index contributed by atoms with van der Waals surface area (Å²) in [6.07, 6.45) is 0.464. The number of hydrogen-bond acceptors (Lipinski definition) is 4. The van der Waals surface area contributed by atoms with Gasteiger partial charge in [-0.05, 0) is 31.5 Å². The van der Waals surface area contributed by atoms with Crippen LogP contribution in [-0.4, -0.2) is 32.2 Å². The average Bonchev–Trinajstić information content (AvgIpc) is 2.35. The summed E-state index contributed by atoms with van der Waals surface area (Å²) < 4.78 is 17.8. The third kappa shape index (κ3) is 4.33. The predicted octanol–water partition coefficient (Wildman–Crippen LogP) is 1.54. The summed E-state index contributed by atoms with van der Waals surface area (Å²) in [5.74, 6) is -0.681. The lowest BCUT2D eigenvalue weighted by Gasteiger charge is -2.20. The summed E-state index contributed by atoms with van der Waals surface area (Å²) in [5, 5.41) is 0. The fraction of sp³-hybridized carbons (Fsp3) is 0.462. The first-order valence-corrected chi connectivity index (χ1v) is 5.93. The van der Waals surface area contributed by atoms with Gasteiger partial charge in [-0.2, -0.15) is 0 Å². The molecule has 0 aliphatic heterocycles. The van der Waals surface area contributed by atoms with Gasteiger partial charge < -0.3 is 15.4 Å². The number of halogens is 1. The van der Waals surface area contributed by atoms with Crippen LogP contribution in [0.4, 0.5) is 10.1 Å². The van der Waals surface area contributed by atoms with Crippen LogP contribution in [0.15, 0.2) is 24.3 Å². The van der Waals surface area contributed by atoms with Crippen molar-refractivity contribution in [2.24, 2.45) is 5.73 Å². The molecule has 1 atom stereocenters. The SMILES string of the molecule is CCOC(=O)C(N)CCN(C)c1cccc(F)c1. The van der Waals surface area contributed by atoms with Crippen LogP contribution < -0.4 is 10.6 Å². The third-order valence-corrected chi connectivity index (χ3v) is 2.61. The molecule has 0 spiro atoms. The minimum absolute atomic E-state index is 0.283. The van der Waals surface area contributed by atoms with Crippen molar-refractivity contribution in [2.45, 2.75) is 19.4 Å². The van der Waals surface area contributed by atoms with Crippen LogP contribution in [0.2, 0.25) is 0 Å². The van der Waals surface area contributed by atoms with E-state index in [0.29, 0.717) is 19.6 Å². The summed E-state index contributed by atoms with van der Waals surface area (Å²) in [4.78, 5) is 13.2. The molecule has 0 aliphatic rings. The highest BCUT2D eigenvalue weighted by Gasteiger charge is 2.15. The third-order valence-electron chi connectivity index (χ3n) is 2.61. The van der Waals surface area contributed by atoms with Crippen molar-refractivity contribution in [3.8, 4) is 0 Å². The fourth-order valence-electron chi connectivity index (χ4n) is 1.54. The van der Waals surface area contributed by atoms with Crippen LogP contribution in [-0.2, 0) is 9.53 Å². The van der Waals surface area contributed by atoms with Gasteiger partial charge in [0.1, 0.15) is 11.9 Å². The number of nitrogens with two attached hydrogens (primary N) is 1. The highest BCUT2D eigenvalue weighted by molar-refractivity contribution is 5.75. The number of benzene rings is 1. The van der Waals surface area contributed by atoms with E-state index in [-0.39, 0.29) is 5.82 Å². The molecule has 5 heteroatoms. The molecule has 1 aromatic carbocycles. The van der Waals surface area contributed by atoms with Crippen molar-refractivity contribution in [3.63, 3.8) is 0 Å². The van der Waals surface area contributed by atoms with Gasteiger partial charge in [-0.25, -0.2) is 4.39 Å². The minimum Gasteiger partial charge on any atom is -0.465 e. The maximum Gasteiger partial charge on any atom is 0.322 e. The molecule has 0 saturated carbocycles. The molecule has 0 bridgehead atoms. The van der Waals surface area contributed by atoms with Crippen LogP contribution in [0.25, 0.3) is 0 Å². The van der Waals surface area contributed by atoms with Crippen molar-refractivity contribution in [2.75, 3.05) is 25.1 Å². The molecule has 0 aromatic heterocycles. The van der Waals surface area contributed by atoms with Gasteiger partial charge in [0.2, 0.25) is 0 Å². The zero-order chi connectivity index (χ0) is 13.5. The predicted molar refractivity (Wildman–Crippen MR) is 68.9 cm³/mol. The van der Waals surface area contributed by atoms with E-state index in [1.165, 1.54) is 12.1 Å². The molecule has 0 fully saturated rings. The first-order chi connectivity index (χ1) is 8.54. The number of hydrogen-bond donors (Lipinski definition) is 1. The molecule has 0 amide bonds. The van der Waals surface area contributed by atoms with Gasteiger partial charge in [0.25, 0.3) is 0 Å². The van der Waals surface area contributed by atoms with Gasteiger partial charge in [-0.1, -0.05) is 6.07 Å². The Hall–Kier alpha value is -1.62. The molecule has 4 nitrogen and oxygen atoms in total. The fourth-order valence-corrected chi connectivity index (χ4v) is 1.54. The summed E-state index contributed by atoms with van der Waals surface area (Å²) in [6, 6.07) is 5.64. The van der Waals surface area contributed by atoms with Crippen LogP contribution >= 0.6 is 0 Å². The maximum atomic E-state index is 13.0. The molecule has 0 aliphatic carbocycles. The molecule has 100 valence electrons. The van der Waals surface area contributed by atoms with Crippen molar-refractivity contribution in [1.82, 2.24) is 0 Å². The number of rotatable bonds is 6. The molecule has 0 heterocycles. The second kappa shape index (κ2) is 6.96. The second-order valence-electron chi connectivity index (χ2n) is 4.05. The molecular weight excluding hydrogens is 235 g/mol. The Morgan fingerprint density at radius 3 is 2.89 bits per heavy atom. The monoisotopic (exact) mass is 254 g/mol. The zero-order valence-corrected chi connectivity index (χ0v) is 10.7. The van der Waals surface area contributed by atoms with E-state index in [4.69, 9.17) is 10.5 Å². The lowest BCUT2D eigenvalue weighted by Crippen LogP contribution is -2.36. The normalized spacial score (nSPS) is 12.0. The molecule has 0 radical (unpaired) electrons. The molecule has 1 unspecified atom stereocenters. The number of carbonyl (C=O) groups is 1. The first-order valence-electron chi connectivity index (χ1n) is 5.93. The second-order valence-corrected chi connectivity index (χ2v) is 4.05. The van der Waals surface area contributed by atoms with Crippen LogP contribution in [0.3, 0.4) is 0 Å². The molecule has 1 rings (SSSR count). The van der Waals surface area contributed by atoms with Crippen LogP contribution in [0.1, 0.15) is 13.3 Å². The molecule has 2 N–H and O–H groups in total. The van der Waals surface area contributed by atoms with Crippen molar-refractivity contribution < 1.29 is 13.9 Å². The van der Waals surface area contributed by atoms with E-state index < -0.39 is 12.0 Å². The summed E-state index contributed by atoms with van der Waals surface area (Å²) in [7, 11) is 1.83. The Morgan fingerprint density at radius 2 is 2.28 bits per heavy atom. The summed E-state index contributed by atoms with van der Waals surface area (Å²) in [6.45, 7) is 2.62. The van der Waals surface area contributed by atoms with E-state index in [1.807, 2.05) is 11.9 Å².